The number of rotatable bonds is 10. The fourth-order valence-corrected chi connectivity index (χ4v) is 7.29. The molecule has 0 nitrogen and oxygen atoms in total. The van der Waals surface area contributed by atoms with E-state index in [-0.39, 0.29) is 0 Å². The van der Waals surface area contributed by atoms with Crippen molar-refractivity contribution >= 4 is 70.3 Å². The van der Waals surface area contributed by atoms with E-state index in [1.54, 1.807) is 22.7 Å². The number of benzene rings is 5. The second-order valence-electron chi connectivity index (χ2n) is 11.4. The summed E-state index contributed by atoms with van der Waals surface area (Å²) in [4.78, 5) is 2.52. The van der Waals surface area contributed by atoms with Gasteiger partial charge < -0.3 is 0 Å². The Morgan fingerprint density at radius 3 is 0.958 bits per heavy atom. The van der Waals surface area contributed by atoms with Gasteiger partial charge in [-0.2, -0.15) is 0 Å². The summed E-state index contributed by atoms with van der Waals surface area (Å²) < 4.78 is 0. The third kappa shape index (κ3) is 7.53. The molecule has 0 saturated heterocycles. The number of thiophene rings is 2. The van der Waals surface area contributed by atoms with Crippen molar-refractivity contribution in [3.05, 3.63) is 223 Å². The summed E-state index contributed by atoms with van der Waals surface area (Å²) in [6.45, 7) is 0. The largest absolute Gasteiger partial charge is 0.144 e. The van der Waals surface area contributed by atoms with Gasteiger partial charge >= 0.3 is 0 Å². The number of hydrogen-bond acceptors (Lipinski definition) is 2. The first-order chi connectivity index (χ1) is 23.8. The molecule has 2 aromatic heterocycles. The van der Waals surface area contributed by atoms with Crippen LogP contribution in [0.4, 0.5) is 0 Å². The molecule has 0 fully saturated rings. The Balaban J connectivity index is 1.20. The summed E-state index contributed by atoms with van der Waals surface area (Å²) >= 11 is 3.54. The van der Waals surface area contributed by atoms with Crippen LogP contribution in [0, 0.1) is 0 Å². The van der Waals surface area contributed by atoms with Crippen molar-refractivity contribution in [1.82, 2.24) is 0 Å². The molecule has 0 atom stereocenters. The van der Waals surface area contributed by atoms with E-state index in [2.05, 4.69) is 205 Å². The molecule has 0 N–H and O–H groups in total. The molecule has 2 heterocycles. The van der Waals surface area contributed by atoms with E-state index in [0.29, 0.717) is 0 Å². The van der Waals surface area contributed by atoms with Crippen molar-refractivity contribution < 1.29 is 0 Å². The minimum Gasteiger partial charge on any atom is -0.144 e. The zero-order valence-corrected chi connectivity index (χ0v) is 28.1. The molecule has 0 spiro atoms. The highest BCUT2D eigenvalue weighted by Gasteiger charge is 2.09. The zero-order chi connectivity index (χ0) is 32.4. The van der Waals surface area contributed by atoms with Gasteiger partial charge in [0.15, 0.2) is 0 Å². The van der Waals surface area contributed by atoms with E-state index in [4.69, 9.17) is 0 Å². The van der Waals surface area contributed by atoms with Crippen LogP contribution in [0.2, 0.25) is 0 Å². The number of hydrogen-bond donors (Lipinski definition) is 0. The van der Waals surface area contributed by atoms with Gasteiger partial charge in [0, 0.05) is 9.75 Å². The summed E-state index contributed by atoms with van der Waals surface area (Å²) in [7, 11) is 0. The van der Waals surface area contributed by atoms with Crippen LogP contribution < -0.4 is 0 Å². The van der Waals surface area contributed by atoms with Crippen LogP contribution in [0.25, 0.3) is 47.6 Å². The Kier molecular flexibility index (Phi) is 9.95. The van der Waals surface area contributed by atoms with Crippen molar-refractivity contribution in [2.24, 2.45) is 0 Å². The highest BCUT2D eigenvalue weighted by molar-refractivity contribution is 7.11. The van der Waals surface area contributed by atoms with E-state index in [1.165, 1.54) is 65.4 Å². The molecule has 0 aliphatic heterocycles. The Bertz CT molecular complexity index is 2040. The molecule has 5 aromatic carbocycles. The molecule has 0 unspecified atom stereocenters. The molecule has 0 aliphatic rings. The molecule has 0 aliphatic carbocycles. The van der Waals surface area contributed by atoms with Gasteiger partial charge in [0.1, 0.15) is 0 Å². The van der Waals surface area contributed by atoms with E-state index in [0.717, 1.165) is 0 Å². The van der Waals surface area contributed by atoms with E-state index < -0.39 is 0 Å². The highest BCUT2D eigenvalue weighted by Crippen LogP contribution is 2.32. The maximum Gasteiger partial charge on any atom is 0.0348 e. The van der Waals surface area contributed by atoms with Crippen LogP contribution in [0.3, 0.4) is 0 Å². The van der Waals surface area contributed by atoms with Crippen LogP contribution >= 0.6 is 22.7 Å². The fourth-order valence-electron chi connectivity index (χ4n) is 5.77. The normalized spacial score (nSPS) is 12.2. The van der Waals surface area contributed by atoms with Crippen molar-refractivity contribution in [2.45, 2.75) is 0 Å². The Labute approximate surface area is 291 Å². The van der Waals surface area contributed by atoms with Crippen molar-refractivity contribution in [1.29, 1.82) is 0 Å². The van der Waals surface area contributed by atoms with Gasteiger partial charge in [-0.25, -0.2) is 0 Å². The first kappa shape index (κ1) is 31.1. The van der Waals surface area contributed by atoms with Gasteiger partial charge in [-0.1, -0.05) is 170 Å². The van der Waals surface area contributed by atoms with Crippen LogP contribution in [0.1, 0.15) is 54.3 Å². The molecular weight excluding hydrogens is 617 g/mol. The lowest BCUT2D eigenvalue weighted by atomic mass is 9.97. The lowest BCUT2D eigenvalue weighted by molar-refractivity contribution is 1.58. The molecule has 48 heavy (non-hydrogen) atoms. The van der Waals surface area contributed by atoms with Crippen molar-refractivity contribution in [2.75, 3.05) is 0 Å². The smallest absolute Gasteiger partial charge is 0.0348 e. The minimum atomic E-state index is 1.17. The van der Waals surface area contributed by atoms with Gasteiger partial charge in [-0.3, -0.25) is 0 Å². The molecule has 0 radical (unpaired) electrons. The zero-order valence-electron chi connectivity index (χ0n) is 26.4. The molecule has 230 valence electrons. The van der Waals surface area contributed by atoms with Gasteiger partial charge in [0.25, 0.3) is 0 Å². The molecule has 0 saturated carbocycles. The monoisotopic (exact) mass is 650 g/mol. The molecule has 7 rings (SSSR count). The van der Waals surface area contributed by atoms with Crippen LogP contribution in [-0.4, -0.2) is 0 Å². The molecule has 2 heteroatoms. The summed E-state index contributed by atoms with van der Waals surface area (Å²) in [5.74, 6) is 0. The van der Waals surface area contributed by atoms with Gasteiger partial charge in [0.2, 0.25) is 0 Å². The average Bonchev–Trinajstić information content (AvgIpc) is 3.89. The van der Waals surface area contributed by atoms with Crippen LogP contribution in [-0.2, 0) is 0 Å². The standard InChI is InChI=1S/C46H34S2/c1-3-19-39(20-4-1)43(45-25-13-31-47-45)33-41-23-11-9-17-37(41)29-27-35-15-7-8-16-36(35)28-30-38-18-10-12-24-42(38)34-44(46-26-14-32-48-46)40-21-5-2-6-22-40/h1-34H. The Hall–Kier alpha value is -5.54. The molecular formula is C46H34S2. The van der Waals surface area contributed by atoms with E-state index in [9.17, 15) is 0 Å². The maximum atomic E-state index is 2.32. The second kappa shape index (κ2) is 15.4. The van der Waals surface area contributed by atoms with Crippen molar-refractivity contribution in [3.63, 3.8) is 0 Å². The summed E-state index contributed by atoms with van der Waals surface area (Å²) in [6.07, 6.45) is 13.6. The van der Waals surface area contributed by atoms with Gasteiger partial charge in [-0.15, -0.1) is 22.7 Å². The Morgan fingerprint density at radius 1 is 0.312 bits per heavy atom. The predicted octanol–water partition coefficient (Wildman–Crippen LogP) is 13.3. The average molecular weight is 651 g/mol. The maximum absolute atomic E-state index is 2.32. The third-order valence-corrected chi connectivity index (χ3v) is 10.0. The summed E-state index contributed by atoms with van der Waals surface area (Å²) in [5, 5.41) is 4.28. The van der Waals surface area contributed by atoms with Gasteiger partial charge in [0.05, 0.1) is 0 Å². The summed E-state index contributed by atoms with van der Waals surface area (Å²) in [6, 6.07) is 55.8. The minimum absolute atomic E-state index is 1.17. The third-order valence-electron chi connectivity index (χ3n) is 8.22. The van der Waals surface area contributed by atoms with Crippen LogP contribution in [0.15, 0.2) is 168 Å². The Morgan fingerprint density at radius 2 is 0.625 bits per heavy atom. The van der Waals surface area contributed by atoms with Gasteiger partial charge in [-0.05, 0) is 90.7 Å². The fraction of sp³-hybridized carbons (Fsp3) is 0. The van der Waals surface area contributed by atoms with Crippen molar-refractivity contribution in [3.8, 4) is 0 Å². The van der Waals surface area contributed by atoms with E-state index >= 15 is 0 Å². The first-order valence-corrected chi connectivity index (χ1v) is 17.8. The second-order valence-corrected chi connectivity index (χ2v) is 13.3. The SMILES string of the molecule is C(=Cc1ccccc1C=C(c1ccccc1)c1cccs1)c1ccccc1C=Cc1ccccc1C=C(c1ccccc1)c1cccs1. The molecule has 0 bridgehead atoms. The summed E-state index contributed by atoms with van der Waals surface area (Å²) in [5.41, 5.74) is 12.0. The predicted molar refractivity (Wildman–Crippen MR) is 213 cm³/mol. The quantitative estimate of drug-likeness (QED) is 0.129. The first-order valence-electron chi connectivity index (χ1n) is 16.1. The lowest BCUT2D eigenvalue weighted by Crippen LogP contribution is -1.88. The molecule has 0 amide bonds. The van der Waals surface area contributed by atoms with Crippen LogP contribution in [0.5, 0.6) is 0 Å². The lowest BCUT2D eigenvalue weighted by Gasteiger charge is -2.09. The van der Waals surface area contributed by atoms with E-state index in [1.807, 2.05) is 0 Å². The highest BCUT2D eigenvalue weighted by atomic mass is 32.1. The topological polar surface area (TPSA) is 0 Å². The molecule has 7 aromatic rings.